The van der Waals surface area contributed by atoms with Gasteiger partial charge in [-0.15, -0.1) is 5.10 Å². The molecule has 3 heterocycles. The molecule has 0 radical (unpaired) electrons. The molecule has 7 nitrogen and oxygen atoms in total. The van der Waals surface area contributed by atoms with Crippen LogP contribution in [0.2, 0.25) is 0 Å². The van der Waals surface area contributed by atoms with Crippen molar-refractivity contribution in [2.75, 3.05) is 31.1 Å². The number of hydrogen-bond donors (Lipinski definition) is 2. The molecule has 1 saturated heterocycles. The van der Waals surface area contributed by atoms with Gasteiger partial charge in [0.15, 0.2) is 5.82 Å². The third-order valence-corrected chi connectivity index (χ3v) is 3.45. The molecule has 0 aliphatic carbocycles. The summed E-state index contributed by atoms with van der Waals surface area (Å²) in [5.74, 6) is 1.52. The van der Waals surface area contributed by atoms with E-state index in [-0.39, 0.29) is 0 Å². The second-order valence-corrected chi connectivity index (χ2v) is 5.06. The summed E-state index contributed by atoms with van der Waals surface area (Å²) in [4.78, 5) is 6.82. The summed E-state index contributed by atoms with van der Waals surface area (Å²) in [6, 6.07) is 1.98. The summed E-state index contributed by atoms with van der Waals surface area (Å²) in [6.07, 6.45) is 1.11. The fourth-order valence-corrected chi connectivity index (χ4v) is 2.35. The van der Waals surface area contributed by atoms with Crippen LogP contribution < -0.4 is 10.2 Å². The van der Waals surface area contributed by atoms with Gasteiger partial charge in [-0.25, -0.2) is 0 Å². The second-order valence-electron chi connectivity index (χ2n) is 5.06. The van der Waals surface area contributed by atoms with E-state index >= 15 is 0 Å². The molecule has 2 aromatic rings. The van der Waals surface area contributed by atoms with Gasteiger partial charge in [-0.3, -0.25) is 5.10 Å². The van der Waals surface area contributed by atoms with E-state index in [9.17, 15) is 0 Å². The van der Waals surface area contributed by atoms with Crippen molar-refractivity contribution in [2.45, 2.75) is 20.3 Å². The molecular weight excluding hydrogens is 254 g/mol. The first kappa shape index (κ1) is 13.0. The molecule has 0 aromatic carbocycles. The van der Waals surface area contributed by atoms with E-state index < -0.39 is 0 Å². The normalized spacial score (nSPS) is 16.2. The largest absolute Gasteiger partial charge is 0.338 e. The Morgan fingerprint density at radius 3 is 2.95 bits per heavy atom. The molecule has 1 fully saturated rings. The molecule has 106 valence electrons. The second kappa shape index (κ2) is 5.54. The zero-order valence-corrected chi connectivity index (χ0v) is 11.8. The van der Waals surface area contributed by atoms with E-state index in [1.54, 1.807) is 0 Å². The predicted octanol–water partition coefficient (Wildman–Crippen LogP) is 0.678. The van der Waals surface area contributed by atoms with E-state index in [1.807, 2.05) is 19.9 Å². The molecule has 1 aliphatic rings. The maximum absolute atomic E-state index is 4.61. The average Bonchev–Trinajstić information content (AvgIpc) is 2.77. The molecule has 7 heteroatoms. The zero-order chi connectivity index (χ0) is 13.9. The van der Waals surface area contributed by atoms with Crippen LogP contribution in [0.5, 0.6) is 0 Å². The van der Waals surface area contributed by atoms with Crippen LogP contribution in [0, 0.1) is 13.8 Å². The Labute approximate surface area is 117 Å². The summed E-state index contributed by atoms with van der Waals surface area (Å²) in [5.41, 5.74) is 2.70. The average molecular weight is 273 g/mol. The number of aromatic amines is 1. The van der Waals surface area contributed by atoms with Crippen molar-refractivity contribution in [2.24, 2.45) is 0 Å². The predicted molar refractivity (Wildman–Crippen MR) is 76.6 cm³/mol. The first-order valence-electron chi connectivity index (χ1n) is 6.93. The number of aromatic nitrogens is 5. The molecule has 0 amide bonds. The first-order chi connectivity index (χ1) is 9.74. The van der Waals surface area contributed by atoms with Crippen molar-refractivity contribution < 1.29 is 0 Å². The highest BCUT2D eigenvalue weighted by molar-refractivity contribution is 5.59. The van der Waals surface area contributed by atoms with Crippen LogP contribution in [0.3, 0.4) is 0 Å². The molecule has 0 bridgehead atoms. The Morgan fingerprint density at radius 2 is 2.05 bits per heavy atom. The molecule has 1 aliphatic heterocycles. The van der Waals surface area contributed by atoms with Crippen LogP contribution in [0.15, 0.2) is 6.07 Å². The van der Waals surface area contributed by atoms with Gasteiger partial charge in [0, 0.05) is 25.2 Å². The summed E-state index contributed by atoms with van der Waals surface area (Å²) < 4.78 is 0. The quantitative estimate of drug-likeness (QED) is 0.837. The van der Waals surface area contributed by atoms with Crippen molar-refractivity contribution >= 4 is 5.95 Å². The summed E-state index contributed by atoms with van der Waals surface area (Å²) in [7, 11) is 0. The topological polar surface area (TPSA) is 82.6 Å². The lowest BCUT2D eigenvalue weighted by Gasteiger charge is -2.16. The number of nitrogens with one attached hydrogen (secondary N) is 2. The molecule has 0 spiro atoms. The molecule has 0 atom stereocenters. The minimum absolute atomic E-state index is 0.757. The fraction of sp³-hybridized carbons (Fsp3) is 0.538. The smallest absolute Gasteiger partial charge is 0.245 e. The minimum atomic E-state index is 0.757. The van der Waals surface area contributed by atoms with Crippen LogP contribution >= 0.6 is 0 Å². The van der Waals surface area contributed by atoms with Crippen molar-refractivity contribution in [3.05, 3.63) is 17.5 Å². The number of hydrogen-bond acceptors (Lipinski definition) is 6. The molecule has 20 heavy (non-hydrogen) atoms. The standard InChI is InChI=1S/C13H19N7/c1-9-8-11(10(2)17-16-9)12-15-13(19-18-12)20-6-3-4-14-5-7-20/h8,14H,3-7H2,1-2H3,(H,15,18,19). The van der Waals surface area contributed by atoms with Gasteiger partial charge < -0.3 is 10.2 Å². The van der Waals surface area contributed by atoms with E-state index in [1.165, 1.54) is 0 Å². The highest BCUT2D eigenvalue weighted by Gasteiger charge is 2.16. The lowest BCUT2D eigenvalue weighted by Crippen LogP contribution is -2.28. The third-order valence-electron chi connectivity index (χ3n) is 3.45. The van der Waals surface area contributed by atoms with E-state index in [4.69, 9.17) is 0 Å². The van der Waals surface area contributed by atoms with Crippen LogP contribution in [0.4, 0.5) is 5.95 Å². The van der Waals surface area contributed by atoms with Gasteiger partial charge in [-0.1, -0.05) is 0 Å². The molecule has 2 aromatic heterocycles. The summed E-state index contributed by atoms with van der Waals surface area (Å²) >= 11 is 0. The third kappa shape index (κ3) is 2.62. The number of H-pyrrole nitrogens is 1. The molecular formula is C13H19N7. The van der Waals surface area contributed by atoms with Gasteiger partial charge in [0.1, 0.15) is 0 Å². The Bertz CT molecular complexity index is 584. The van der Waals surface area contributed by atoms with Crippen molar-refractivity contribution in [3.8, 4) is 11.4 Å². The Kier molecular flexibility index (Phi) is 3.60. The molecule has 3 rings (SSSR count). The SMILES string of the molecule is Cc1cc(-c2nc(N3CCCNCC3)n[nH]2)c(C)nn1. The van der Waals surface area contributed by atoms with Crippen LogP contribution in [0.1, 0.15) is 17.8 Å². The van der Waals surface area contributed by atoms with Crippen LogP contribution in [-0.4, -0.2) is 51.6 Å². The van der Waals surface area contributed by atoms with Crippen molar-refractivity contribution in [1.82, 2.24) is 30.7 Å². The molecule has 2 N–H and O–H groups in total. The van der Waals surface area contributed by atoms with Crippen LogP contribution in [-0.2, 0) is 0 Å². The monoisotopic (exact) mass is 273 g/mol. The van der Waals surface area contributed by atoms with Gasteiger partial charge in [0.25, 0.3) is 0 Å². The van der Waals surface area contributed by atoms with E-state index in [0.717, 1.165) is 61.3 Å². The van der Waals surface area contributed by atoms with Gasteiger partial charge in [-0.2, -0.15) is 15.2 Å². The first-order valence-corrected chi connectivity index (χ1v) is 6.93. The highest BCUT2D eigenvalue weighted by atomic mass is 15.4. The Morgan fingerprint density at radius 1 is 1.15 bits per heavy atom. The Hall–Kier alpha value is -2.02. The van der Waals surface area contributed by atoms with E-state index in [0.29, 0.717) is 0 Å². The summed E-state index contributed by atoms with van der Waals surface area (Å²) in [5, 5.41) is 18.9. The summed E-state index contributed by atoms with van der Waals surface area (Å²) in [6.45, 7) is 7.80. The maximum Gasteiger partial charge on any atom is 0.245 e. The fourth-order valence-electron chi connectivity index (χ4n) is 2.35. The minimum Gasteiger partial charge on any atom is -0.338 e. The number of aryl methyl sites for hydroxylation is 2. The lowest BCUT2D eigenvalue weighted by molar-refractivity contribution is 0.724. The zero-order valence-electron chi connectivity index (χ0n) is 11.8. The van der Waals surface area contributed by atoms with Crippen LogP contribution in [0.25, 0.3) is 11.4 Å². The maximum atomic E-state index is 4.61. The van der Waals surface area contributed by atoms with Crippen molar-refractivity contribution in [3.63, 3.8) is 0 Å². The molecule has 0 saturated carbocycles. The van der Waals surface area contributed by atoms with Crippen molar-refractivity contribution in [1.29, 1.82) is 0 Å². The van der Waals surface area contributed by atoms with E-state index in [2.05, 4.69) is 35.6 Å². The number of rotatable bonds is 2. The van der Waals surface area contributed by atoms with Gasteiger partial charge in [0.2, 0.25) is 5.95 Å². The molecule has 0 unspecified atom stereocenters. The number of nitrogens with zero attached hydrogens (tertiary/aromatic N) is 5. The Balaban J connectivity index is 1.87. The van der Waals surface area contributed by atoms with Gasteiger partial charge in [-0.05, 0) is 32.9 Å². The van der Waals surface area contributed by atoms with Gasteiger partial charge >= 0.3 is 0 Å². The highest BCUT2D eigenvalue weighted by Crippen LogP contribution is 2.20. The lowest BCUT2D eigenvalue weighted by atomic mass is 10.2. The number of anilines is 1. The van der Waals surface area contributed by atoms with Gasteiger partial charge in [0.05, 0.1) is 11.4 Å².